The van der Waals surface area contributed by atoms with E-state index in [4.69, 9.17) is 11.7 Å². The average molecular weight is 357 g/mol. The fraction of sp³-hybridized carbons (Fsp3) is 0. The molecule has 0 radical (unpaired) electrons. The zero-order valence-electron chi connectivity index (χ0n) is 13.1. The molecule has 0 saturated carbocycles. The molecule has 0 aliphatic rings. The topological polar surface area (TPSA) is 128 Å². The second kappa shape index (κ2) is 8.69. The Morgan fingerprint density at radius 1 is 0.640 bits per heavy atom. The van der Waals surface area contributed by atoms with Crippen LogP contribution < -0.4 is 22.5 Å². The lowest BCUT2D eigenvalue weighted by Crippen LogP contribution is -2.09. The van der Waals surface area contributed by atoms with Gasteiger partial charge >= 0.3 is 0 Å². The van der Waals surface area contributed by atoms with Gasteiger partial charge in [-0.1, -0.05) is 48.5 Å². The molecule has 128 valence electrons. The normalized spacial score (nSPS) is 9.68. The van der Waals surface area contributed by atoms with Crippen molar-refractivity contribution in [3.63, 3.8) is 0 Å². The number of hydrogen-bond acceptors (Lipinski definition) is 8. The molecule has 2 heterocycles. The largest absolute Gasteiger partial charge is 0.306 e. The van der Waals surface area contributed by atoms with Gasteiger partial charge in [0.1, 0.15) is 0 Å². The summed E-state index contributed by atoms with van der Waals surface area (Å²) < 4.78 is 0. The number of hydrogen-bond donors (Lipinski definition) is 4. The van der Waals surface area contributed by atoms with Crippen LogP contribution in [0, 0.1) is 0 Å². The number of nitrogen functional groups attached to an aromatic ring is 2. The number of rotatable bonds is 2. The number of benzene rings is 2. The van der Waals surface area contributed by atoms with Crippen LogP contribution in [0.15, 0.2) is 60.9 Å². The minimum absolute atomic E-state index is 0. The van der Waals surface area contributed by atoms with E-state index in [2.05, 4.69) is 31.2 Å². The van der Waals surface area contributed by atoms with Crippen molar-refractivity contribution < 1.29 is 0 Å². The lowest BCUT2D eigenvalue weighted by molar-refractivity contribution is 1.04. The van der Waals surface area contributed by atoms with Crippen LogP contribution in [-0.4, -0.2) is 20.4 Å². The van der Waals surface area contributed by atoms with Crippen LogP contribution in [0.2, 0.25) is 0 Å². The van der Waals surface area contributed by atoms with E-state index >= 15 is 0 Å². The molecule has 0 saturated heterocycles. The van der Waals surface area contributed by atoms with Crippen molar-refractivity contribution >= 4 is 45.6 Å². The maximum Gasteiger partial charge on any atom is 0.170 e. The van der Waals surface area contributed by atoms with E-state index in [1.54, 1.807) is 12.4 Å². The predicted octanol–water partition coefficient (Wildman–Crippen LogP) is 2.25. The van der Waals surface area contributed by atoms with E-state index < -0.39 is 0 Å². The Labute approximate surface area is 150 Å². The minimum Gasteiger partial charge on any atom is -0.306 e. The summed E-state index contributed by atoms with van der Waals surface area (Å²) in [6, 6.07) is 15.6. The highest BCUT2D eigenvalue weighted by Gasteiger charge is 1.99. The summed E-state index contributed by atoms with van der Waals surface area (Å²) in [6.07, 6.45) is 3.41. The number of nitrogens with one attached hydrogen (secondary N) is 2. The van der Waals surface area contributed by atoms with E-state index in [1.165, 1.54) is 0 Å². The molecule has 6 N–H and O–H groups in total. The van der Waals surface area contributed by atoms with Gasteiger partial charge in [-0.15, -0.1) is 22.6 Å². The molecule has 2 aromatic carbocycles. The maximum absolute atomic E-state index is 5.26. The van der Waals surface area contributed by atoms with Crippen molar-refractivity contribution in [2.75, 3.05) is 10.9 Å². The molecule has 0 atom stereocenters. The highest BCUT2D eigenvalue weighted by molar-refractivity contribution is 5.91. The highest BCUT2D eigenvalue weighted by Crippen LogP contribution is 2.18. The number of halogens is 1. The van der Waals surface area contributed by atoms with Gasteiger partial charge in [0.15, 0.2) is 11.6 Å². The SMILES string of the molecule is Cl.NNc1nncc2ccccc12.NNc1nncc2ccccc12. The van der Waals surface area contributed by atoms with E-state index in [9.17, 15) is 0 Å². The van der Waals surface area contributed by atoms with Gasteiger partial charge in [-0.25, -0.2) is 11.7 Å². The number of nitrogens with two attached hydrogens (primary N) is 2. The average Bonchev–Trinajstić information content (AvgIpc) is 2.67. The molecule has 4 rings (SSSR count). The molecule has 0 aliphatic carbocycles. The Hall–Kier alpha value is -3.07. The molecule has 0 aliphatic heterocycles. The van der Waals surface area contributed by atoms with Crippen molar-refractivity contribution in [3.8, 4) is 0 Å². The second-order valence-electron chi connectivity index (χ2n) is 4.85. The van der Waals surface area contributed by atoms with Crippen molar-refractivity contribution in [1.82, 2.24) is 20.4 Å². The molecule has 0 fully saturated rings. The van der Waals surface area contributed by atoms with Crippen molar-refractivity contribution in [2.24, 2.45) is 11.7 Å². The third kappa shape index (κ3) is 4.07. The first-order chi connectivity index (χ1) is 11.8. The van der Waals surface area contributed by atoms with Gasteiger partial charge < -0.3 is 10.9 Å². The maximum atomic E-state index is 5.26. The van der Waals surface area contributed by atoms with Gasteiger partial charge in [-0.05, 0) is 0 Å². The van der Waals surface area contributed by atoms with Gasteiger partial charge in [-0.2, -0.15) is 10.2 Å². The summed E-state index contributed by atoms with van der Waals surface area (Å²) in [6.45, 7) is 0. The van der Waals surface area contributed by atoms with E-state index in [0.717, 1.165) is 21.5 Å². The van der Waals surface area contributed by atoms with Crippen LogP contribution in [0.5, 0.6) is 0 Å². The van der Waals surface area contributed by atoms with Crippen LogP contribution in [0.4, 0.5) is 11.6 Å². The molecule has 0 unspecified atom stereocenters. The predicted molar refractivity (Wildman–Crippen MR) is 102 cm³/mol. The monoisotopic (exact) mass is 356 g/mol. The van der Waals surface area contributed by atoms with Crippen molar-refractivity contribution in [1.29, 1.82) is 0 Å². The summed E-state index contributed by atoms with van der Waals surface area (Å²) >= 11 is 0. The molecule has 9 heteroatoms. The third-order valence-corrected chi connectivity index (χ3v) is 3.41. The van der Waals surface area contributed by atoms with Gasteiger partial charge in [0.25, 0.3) is 0 Å². The lowest BCUT2D eigenvalue weighted by Gasteiger charge is -2.01. The molecular formula is C16H17ClN8. The van der Waals surface area contributed by atoms with Crippen LogP contribution >= 0.6 is 12.4 Å². The first-order valence-corrected chi connectivity index (χ1v) is 7.17. The Bertz CT molecular complexity index is 873. The smallest absolute Gasteiger partial charge is 0.170 e. The molecule has 0 bridgehead atoms. The summed E-state index contributed by atoms with van der Waals surface area (Å²) in [5.74, 6) is 11.7. The van der Waals surface area contributed by atoms with Crippen LogP contribution in [-0.2, 0) is 0 Å². The molecule has 25 heavy (non-hydrogen) atoms. The van der Waals surface area contributed by atoms with Gasteiger partial charge in [-0.3, -0.25) is 0 Å². The molecule has 0 amide bonds. The Kier molecular flexibility index (Phi) is 6.35. The Balaban J connectivity index is 0.000000173. The molecular weight excluding hydrogens is 340 g/mol. The number of hydrazine groups is 2. The number of fused-ring (bicyclic) bond motifs is 2. The summed E-state index contributed by atoms with van der Waals surface area (Å²) in [4.78, 5) is 0. The van der Waals surface area contributed by atoms with E-state index in [-0.39, 0.29) is 12.4 Å². The van der Waals surface area contributed by atoms with Crippen LogP contribution in [0.1, 0.15) is 0 Å². The Morgan fingerprint density at radius 2 is 1.04 bits per heavy atom. The third-order valence-electron chi connectivity index (χ3n) is 3.41. The zero-order chi connectivity index (χ0) is 16.8. The van der Waals surface area contributed by atoms with Gasteiger partial charge in [0.05, 0.1) is 12.4 Å². The van der Waals surface area contributed by atoms with Crippen molar-refractivity contribution in [3.05, 3.63) is 60.9 Å². The number of anilines is 2. The standard InChI is InChI=1S/2C8H8N4.ClH/c2*9-11-8-7-4-2-1-3-6(7)5-10-12-8;/h2*1-5H,9H2,(H,11,12);1H. The molecule has 0 spiro atoms. The molecule has 8 nitrogen and oxygen atoms in total. The summed E-state index contributed by atoms with van der Waals surface area (Å²) in [5.41, 5.74) is 4.99. The minimum atomic E-state index is 0. The quantitative estimate of drug-likeness (QED) is 0.318. The lowest BCUT2D eigenvalue weighted by atomic mass is 10.2. The summed E-state index contributed by atoms with van der Waals surface area (Å²) in [7, 11) is 0. The Morgan fingerprint density at radius 3 is 1.44 bits per heavy atom. The second-order valence-corrected chi connectivity index (χ2v) is 4.85. The molecule has 4 aromatic rings. The first-order valence-electron chi connectivity index (χ1n) is 7.17. The molecule has 2 aromatic heterocycles. The zero-order valence-corrected chi connectivity index (χ0v) is 13.9. The first kappa shape index (κ1) is 18.3. The number of aromatic nitrogens is 4. The highest BCUT2D eigenvalue weighted by atomic mass is 35.5. The fourth-order valence-electron chi connectivity index (χ4n) is 2.27. The van der Waals surface area contributed by atoms with Gasteiger partial charge in [0, 0.05) is 21.5 Å². The van der Waals surface area contributed by atoms with E-state index in [1.807, 2.05) is 48.5 Å². The van der Waals surface area contributed by atoms with Crippen molar-refractivity contribution in [2.45, 2.75) is 0 Å². The van der Waals surface area contributed by atoms with Gasteiger partial charge in [0.2, 0.25) is 0 Å². The van der Waals surface area contributed by atoms with Crippen LogP contribution in [0.3, 0.4) is 0 Å². The van der Waals surface area contributed by atoms with Crippen LogP contribution in [0.25, 0.3) is 21.5 Å². The summed E-state index contributed by atoms with van der Waals surface area (Å²) in [5, 5.41) is 19.3. The number of nitrogens with zero attached hydrogens (tertiary/aromatic N) is 4. The van der Waals surface area contributed by atoms with E-state index in [0.29, 0.717) is 11.6 Å². The fourth-order valence-corrected chi connectivity index (χ4v) is 2.27.